The molecule has 0 saturated carbocycles. The summed E-state index contributed by atoms with van der Waals surface area (Å²) in [5.41, 5.74) is 12.7. The van der Waals surface area contributed by atoms with Gasteiger partial charge in [0.25, 0.3) is 0 Å². The van der Waals surface area contributed by atoms with Gasteiger partial charge in [0.15, 0.2) is 6.29 Å². The third-order valence-electron chi connectivity index (χ3n) is 10.3. The molecule has 0 aliphatic carbocycles. The number of aliphatic hydroxyl groups is 1. The van der Waals surface area contributed by atoms with Gasteiger partial charge in [0.2, 0.25) is 5.91 Å². The van der Waals surface area contributed by atoms with Crippen LogP contribution in [0.15, 0.2) is 103 Å². The Morgan fingerprint density at radius 1 is 0.851 bits per heavy atom. The number of hydrogen-bond acceptors (Lipinski definition) is 7. The highest BCUT2D eigenvalue weighted by atomic mass is 16.7. The van der Waals surface area contributed by atoms with Crippen molar-refractivity contribution in [3.63, 3.8) is 0 Å². The summed E-state index contributed by atoms with van der Waals surface area (Å²) in [6.45, 7) is 5.62. The Bertz CT molecular complexity index is 1650. The molecule has 4 aromatic rings. The number of carbonyl (C=O) groups is 1. The average molecular weight is 633 g/mol. The van der Waals surface area contributed by atoms with Gasteiger partial charge in [0.05, 0.1) is 25.5 Å². The summed E-state index contributed by atoms with van der Waals surface area (Å²) in [5.74, 6) is 0.206. The zero-order valence-electron chi connectivity index (χ0n) is 26.9. The van der Waals surface area contributed by atoms with Crippen LogP contribution >= 0.6 is 0 Å². The molecule has 4 N–H and O–H groups in total. The monoisotopic (exact) mass is 632 g/mol. The predicted octanol–water partition coefficient (Wildman–Crippen LogP) is 5.52. The van der Waals surface area contributed by atoms with E-state index in [-0.39, 0.29) is 30.6 Å². The molecule has 0 aromatic heterocycles. The number of likely N-dealkylation sites (tertiary alicyclic amines) is 1. The summed E-state index contributed by atoms with van der Waals surface area (Å²) < 4.78 is 13.5. The summed E-state index contributed by atoms with van der Waals surface area (Å²) in [4.78, 5) is 17.9. The van der Waals surface area contributed by atoms with E-state index in [9.17, 15) is 9.90 Å². The molecule has 3 saturated heterocycles. The summed E-state index contributed by atoms with van der Waals surface area (Å²) in [5, 5.41) is 12.7. The first-order valence-corrected chi connectivity index (χ1v) is 16.7. The van der Waals surface area contributed by atoms with Crippen molar-refractivity contribution < 1.29 is 19.4 Å². The van der Waals surface area contributed by atoms with Gasteiger partial charge in [-0.2, -0.15) is 0 Å². The summed E-state index contributed by atoms with van der Waals surface area (Å²) >= 11 is 0. The summed E-state index contributed by atoms with van der Waals surface area (Å²) in [6, 6.07) is 35.0. The Morgan fingerprint density at radius 2 is 1.57 bits per heavy atom. The van der Waals surface area contributed by atoms with Crippen molar-refractivity contribution in [2.24, 2.45) is 11.7 Å². The highest BCUT2D eigenvalue weighted by molar-refractivity contribution is 5.93. The lowest BCUT2D eigenvalue weighted by Crippen LogP contribution is -2.57. The SMILES string of the molecule is CC1C(CN2CCC3(CC2)C(=O)NCN3c2ccccc2)OC(c2ccc(-c3cccc(CN)c3)cc2)OC1c1ccc(CO)cc1. The smallest absolute Gasteiger partial charge is 0.247 e. The van der Waals surface area contributed by atoms with Gasteiger partial charge in [-0.1, -0.05) is 91.9 Å². The number of nitrogens with zero attached hydrogens (tertiary/aromatic N) is 2. The van der Waals surface area contributed by atoms with E-state index in [1.54, 1.807) is 0 Å². The number of benzene rings is 4. The lowest BCUT2D eigenvalue weighted by atomic mass is 9.84. The Balaban J connectivity index is 1.10. The van der Waals surface area contributed by atoms with Gasteiger partial charge < -0.3 is 35.4 Å². The van der Waals surface area contributed by atoms with E-state index < -0.39 is 11.8 Å². The van der Waals surface area contributed by atoms with Gasteiger partial charge in [-0.3, -0.25) is 4.79 Å². The molecule has 1 amide bonds. The molecule has 0 radical (unpaired) electrons. The Labute approximate surface area is 277 Å². The van der Waals surface area contributed by atoms with Crippen LogP contribution in [-0.4, -0.2) is 53.9 Å². The van der Waals surface area contributed by atoms with Crippen molar-refractivity contribution in [1.29, 1.82) is 0 Å². The summed E-state index contributed by atoms with van der Waals surface area (Å²) in [6.07, 6.45) is 0.710. The number of hydrogen-bond donors (Lipinski definition) is 3. The van der Waals surface area contributed by atoms with Gasteiger partial charge in [0, 0.05) is 43.3 Å². The minimum absolute atomic E-state index is 0.00638. The van der Waals surface area contributed by atoms with Crippen LogP contribution in [0.5, 0.6) is 0 Å². The summed E-state index contributed by atoms with van der Waals surface area (Å²) in [7, 11) is 0. The second kappa shape index (κ2) is 13.6. The molecule has 3 aliphatic heterocycles. The van der Waals surface area contributed by atoms with Gasteiger partial charge in [-0.25, -0.2) is 0 Å². The third-order valence-corrected chi connectivity index (χ3v) is 10.3. The first-order chi connectivity index (χ1) is 23.0. The van der Waals surface area contributed by atoms with Crippen LogP contribution in [0.25, 0.3) is 11.1 Å². The maximum absolute atomic E-state index is 13.2. The van der Waals surface area contributed by atoms with E-state index in [1.807, 2.05) is 42.5 Å². The van der Waals surface area contributed by atoms with Crippen LogP contribution in [0.3, 0.4) is 0 Å². The van der Waals surface area contributed by atoms with Gasteiger partial charge in [-0.05, 0) is 58.9 Å². The van der Waals surface area contributed by atoms with Crippen LogP contribution in [0, 0.1) is 5.92 Å². The number of rotatable bonds is 8. The predicted molar refractivity (Wildman–Crippen MR) is 183 cm³/mol. The fraction of sp³-hybridized carbons (Fsp3) is 0.359. The Hall–Kier alpha value is -4.05. The van der Waals surface area contributed by atoms with Gasteiger partial charge in [-0.15, -0.1) is 0 Å². The van der Waals surface area contributed by atoms with Crippen molar-refractivity contribution in [3.8, 4) is 11.1 Å². The van der Waals surface area contributed by atoms with Crippen LogP contribution in [0.1, 0.15) is 54.4 Å². The number of piperidine rings is 1. The quantitative estimate of drug-likeness (QED) is 0.235. The number of carbonyl (C=O) groups excluding carboxylic acids is 1. The minimum Gasteiger partial charge on any atom is -0.392 e. The third kappa shape index (κ3) is 6.32. The van der Waals surface area contributed by atoms with Crippen molar-refractivity contribution in [2.75, 3.05) is 31.2 Å². The second-order valence-corrected chi connectivity index (χ2v) is 13.1. The lowest BCUT2D eigenvalue weighted by Gasteiger charge is -2.46. The van der Waals surface area contributed by atoms with E-state index in [1.165, 1.54) is 0 Å². The molecular formula is C39H44N4O4. The second-order valence-electron chi connectivity index (χ2n) is 13.1. The van der Waals surface area contributed by atoms with E-state index in [0.717, 1.165) is 71.5 Å². The maximum Gasteiger partial charge on any atom is 0.247 e. The van der Waals surface area contributed by atoms with Crippen molar-refractivity contribution in [1.82, 2.24) is 10.2 Å². The zero-order valence-corrected chi connectivity index (χ0v) is 26.9. The van der Waals surface area contributed by atoms with E-state index >= 15 is 0 Å². The fourth-order valence-corrected chi connectivity index (χ4v) is 7.43. The van der Waals surface area contributed by atoms with Crippen molar-refractivity contribution in [3.05, 3.63) is 125 Å². The molecule has 47 heavy (non-hydrogen) atoms. The highest BCUT2D eigenvalue weighted by Crippen LogP contribution is 2.43. The molecule has 8 heteroatoms. The van der Waals surface area contributed by atoms with Gasteiger partial charge in [0.1, 0.15) is 5.54 Å². The minimum atomic E-state index is -0.534. The molecule has 244 valence electrons. The molecule has 3 heterocycles. The molecule has 4 aromatic carbocycles. The standard InChI is InChI=1S/C39H44N4O4/c1-27-35(24-42-20-18-39(19-21-42)38(45)41-26-43(39)34-8-3-2-4-9-34)46-37(47-36(27)31-12-10-28(25-44)11-13-31)32-16-14-30(15-17-32)33-7-5-6-29(22-33)23-40/h2-17,22,27,35-37,44H,18-21,23-26,40H2,1H3,(H,41,45). The normalized spacial score (nSPS) is 24.4. The van der Waals surface area contributed by atoms with E-state index in [4.69, 9.17) is 15.2 Å². The number of ether oxygens (including phenoxy) is 2. The number of anilines is 1. The maximum atomic E-state index is 13.2. The molecule has 4 atom stereocenters. The van der Waals surface area contributed by atoms with Crippen molar-refractivity contribution >= 4 is 11.6 Å². The van der Waals surface area contributed by atoms with Crippen LogP contribution in [0.4, 0.5) is 5.69 Å². The van der Waals surface area contributed by atoms with Gasteiger partial charge >= 0.3 is 0 Å². The Kier molecular flexibility index (Phi) is 9.12. The average Bonchev–Trinajstić information content (AvgIpc) is 3.45. The number of nitrogens with one attached hydrogen (secondary N) is 1. The largest absolute Gasteiger partial charge is 0.392 e. The Morgan fingerprint density at radius 3 is 2.28 bits per heavy atom. The first kappa shape index (κ1) is 31.5. The van der Waals surface area contributed by atoms with Crippen LogP contribution in [0.2, 0.25) is 0 Å². The molecule has 4 unspecified atom stereocenters. The number of amides is 1. The van der Waals surface area contributed by atoms with E-state index in [0.29, 0.717) is 13.2 Å². The highest BCUT2D eigenvalue weighted by Gasteiger charge is 2.51. The zero-order chi connectivity index (χ0) is 32.4. The van der Waals surface area contributed by atoms with Crippen LogP contribution in [-0.2, 0) is 27.4 Å². The molecular weight excluding hydrogens is 588 g/mol. The molecule has 1 spiro atoms. The molecule has 7 rings (SSSR count). The lowest BCUT2D eigenvalue weighted by molar-refractivity contribution is -0.276. The molecule has 3 fully saturated rings. The van der Waals surface area contributed by atoms with E-state index in [2.05, 4.69) is 82.7 Å². The van der Waals surface area contributed by atoms with Crippen LogP contribution < -0.4 is 16.0 Å². The molecule has 8 nitrogen and oxygen atoms in total. The number of aliphatic hydroxyl groups excluding tert-OH is 1. The number of para-hydroxylation sites is 1. The van der Waals surface area contributed by atoms with Crippen molar-refractivity contribution in [2.45, 2.75) is 57.0 Å². The first-order valence-electron chi connectivity index (χ1n) is 16.7. The molecule has 3 aliphatic rings. The topological polar surface area (TPSA) is 100 Å². The number of nitrogens with two attached hydrogens (primary N) is 1. The molecule has 0 bridgehead atoms. The fourth-order valence-electron chi connectivity index (χ4n) is 7.43.